The Balaban J connectivity index is 1.59. The summed E-state index contributed by atoms with van der Waals surface area (Å²) < 4.78 is 5.87. The largest absolute Gasteiger partial charge is 0.496 e. The number of hydrogen-bond acceptors (Lipinski definition) is 2. The molecule has 0 saturated heterocycles. The number of carbonyl (C=O) groups is 1. The summed E-state index contributed by atoms with van der Waals surface area (Å²) in [6.45, 7) is 0. The monoisotopic (exact) mass is 479 g/mol. The molecule has 6 rings (SSSR count). The van der Waals surface area contributed by atoms with Crippen molar-refractivity contribution >= 4 is 40.0 Å². The smallest absolute Gasteiger partial charge is 0.233 e. The number of hydrogen-bond donors (Lipinski definition) is 1. The van der Waals surface area contributed by atoms with Gasteiger partial charge in [0.1, 0.15) is 5.75 Å². The minimum absolute atomic E-state index is 0.0311. The Morgan fingerprint density at radius 3 is 2.69 bits per heavy atom. The van der Waals surface area contributed by atoms with Crippen LogP contribution in [-0.2, 0) is 23.1 Å². The van der Waals surface area contributed by atoms with Crippen molar-refractivity contribution in [1.29, 1.82) is 0 Å². The first-order valence-electron chi connectivity index (χ1n) is 12.0. The maximum Gasteiger partial charge on any atom is 0.233 e. The number of ether oxygens (including phenoxy) is 1. The van der Waals surface area contributed by atoms with Crippen LogP contribution < -0.4 is 10.1 Å². The Morgan fingerprint density at radius 1 is 1.00 bits per heavy atom. The van der Waals surface area contributed by atoms with Gasteiger partial charge in [-0.25, -0.2) is 0 Å². The van der Waals surface area contributed by atoms with Crippen LogP contribution in [0.3, 0.4) is 0 Å². The van der Waals surface area contributed by atoms with E-state index in [-0.39, 0.29) is 11.8 Å². The molecule has 2 unspecified atom stereocenters. The minimum atomic E-state index is -0.553. The number of nitrogens with one attached hydrogen (secondary N) is 1. The molecule has 2 aliphatic rings. The third-order valence-corrected chi connectivity index (χ3v) is 7.74. The highest BCUT2D eigenvalue weighted by Crippen LogP contribution is 2.53. The molecule has 2 atom stereocenters. The molecule has 35 heavy (non-hydrogen) atoms. The molecule has 174 valence electrons. The van der Waals surface area contributed by atoms with Crippen LogP contribution in [-0.4, -0.2) is 18.9 Å². The van der Waals surface area contributed by atoms with Gasteiger partial charge >= 0.3 is 0 Å². The number of carbonyl (C=O) groups excluding carboxylic acids is 1. The second kappa shape index (κ2) is 8.58. The quantitative estimate of drug-likeness (QED) is 0.306. The van der Waals surface area contributed by atoms with E-state index >= 15 is 0 Å². The number of alkyl halides is 1. The van der Waals surface area contributed by atoms with Gasteiger partial charge in [-0.1, -0.05) is 78.9 Å². The van der Waals surface area contributed by atoms with Gasteiger partial charge in [0, 0.05) is 22.5 Å². The highest BCUT2D eigenvalue weighted by molar-refractivity contribution is 6.18. The van der Waals surface area contributed by atoms with Crippen molar-refractivity contribution in [3.63, 3.8) is 0 Å². The van der Waals surface area contributed by atoms with Crippen LogP contribution in [0.5, 0.6) is 5.75 Å². The van der Waals surface area contributed by atoms with E-state index < -0.39 is 5.41 Å². The zero-order valence-electron chi connectivity index (χ0n) is 19.6. The fourth-order valence-electron chi connectivity index (χ4n) is 5.97. The molecule has 1 aliphatic heterocycles. The van der Waals surface area contributed by atoms with Crippen LogP contribution in [0, 0.1) is 0 Å². The fraction of sp³-hybridized carbons (Fsp3) is 0.194. The topological polar surface area (TPSA) is 38.3 Å². The van der Waals surface area contributed by atoms with Crippen LogP contribution in [0.15, 0.2) is 84.9 Å². The zero-order valence-corrected chi connectivity index (χ0v) is 20.3. The van der Waals surface area contributed by atoms with E-state index in [1.807, 2.05) is 12.1 Å². The molecule has 0 radical (unpaired) electrons. The van der Waals surface area contributed by atoms with E-state index in [1.165, 1.54) is 5.56 Å². The third kappa shape index (κ3) is 3.45. The number of rotatable bonds is 6. The Kier molecular flexibility index (Phi) is 5.38. The lowest BCUT2D eigenvalue weighted by Crippen LogP contribution is -2.37. The lowest BCUT2D eigenvalue weighted by Gasteiger charge is -2.35. The summed E-state index contributed by atoms with van der Waals surface area (Å²) in [6, 6.07) is 27.2. The summed E-state index contributed by atoms with van der Waals surface area (Å²) in [7, 11) is 1.72. The van der Waals surface area contributed by atoms with Crippen LogP contribution in [0.4, 0.5) is 5.69 Å². The Hall–Kier alpha value is -3.56. The number of fused-ring (bicyclic) bond motifs is 3. The average molecular weight is 480 g/mol. The number of aryl methyl sites for hydroxylation is 1. The molecule has 1 N–H and O–H groups in total. The zero-order chi connectivity index (χ0) is 24.0. The van der Waals surface area contributed by atoms with Crippen molar-refractivity contribution in [1.82, 2.24) is 0 Å². The van der Waals surface area contributed by atoms with Crippen molar-refractivity contribution in [2.45, 2.75) is 24.2 Å². The lowest BCUT2D eigenvalue weighted by molar-refractivity contribution is -0.118. The molecular weight excluding hydrogens is 454 g/mol. The summed E-state index contributed by atoms with van der Waals surface area (Å²) in [4.78, 5) is 13.7. The van der Waals surface area contributed by atoms with E-state index in [1.54, 1.807) is 7.11 Å². The maximum atomic E-state index is 13.7. The predicted octanol–water partition coefficient (Wildman–Crippen LogP) is 6.87. The second-order valence-corrected chi connectivity index (χ2v) is 9.77. The Morgan fingerprint density at radius 2 is 1.83 bits per heavy atom. The normalized spacial score (nSPS) is 20.1. The molecule has 3 nitrogen and oxygen atoms in total. The summed E-state index contributed by atoms with van der Waals surface area (Å²) >= 11 is 6.06. The van der Waals surface area contributed by atoms with Gasteiger partial charge in [-0.15, -0.1) is 11.6 Å². The van der Waals surface area contributed by atoms with Gasteiger partial charge in [-0.3, -0.25) is 4.79 Å². The molecular formula is C31H26ClNO2. The van der Waals surface area contributed by atoms with E-state index in [2.05, 4.69) is 84.2 Å². The Bertz CT molecular complexity index is 1490. The number of amides is 1. The van der Waals surface area contributed by atoms with Crippen molar-refractivity contribution < 1.29 is 9.53 Å². The summed E-state index contributed by atoms with van der Waals surface area (Å²) in [5, 5.41) is 5.48. The van der Waals surface area contributed by atoms with Crippen molar-refractivity contribution in [3.8, 4) is 5.75 Å². The lowest BCUT2D eigenvalue weighted by atomic mass is 9.65. The molecule has 1 heterocycles. The first-order valence-corrected chi connectivity index (χ1v) is 12.5. The molecule has 0 saturated carbocycles. The number of halogens is 1. The molecule has 0 bridgehead atoms. The number of allylic oxidation sites excluding steroid dienone is 1. The average Bonchev–Trinajstić information content (AvgIpc) is 3.42. The molecule has 0 aromatic heterocycles. The third-order valence-electron chi connectivity index (χ3n) is 7.55. The van der Waals surface area contributed by atoms with E-state index in [9.17, 15) is 4.79 Å². The van der Waals surface area contributed by atoms with Gasteiger partial charge in [-0.2, -0.15) is 0 Å². The first kappa shape index (κ1) is 21.9. The van der Waals surface area contributed by atoms with Gasteiger partial charge in [0.05, 0.1) is 13.0 Å². The molecule has 1 amide bonds. The standard InChI is InChI=1S/C31H26ClNO2/c1-35-28-13-11-21-6-2-4-8-23(21)25(28)19-31(16-14-22-7-3-5-9-26(22)31)29-24-18-20(15-17-32)10-12-27(24)33-30(29)34/h2-14,16,18,29H,15,17,19H2,1H3,(H,33,34). The second-order valence-electron chi connectivity index (χ2n) is 9.39. The summed E-state index contributed by atoms with van der Waals surface area (Å²) in [6.07, 6.45) is 5.82. The van der Waals surface area contributed by atoms with E-state index in [4.69, 9.17) is 16.3 Å². The molecule has 0 fully saturated rings. The van der Waals surface area contributed by atoms with Gasteiger partial charge in [0.25, 0.3) is 0 Å². The molecule has 4 heteroatoms. The van der Waals surface area contributed by atoms with Crippen LogP contribution in [0.25, 0.3) is 16.8 Å². The molecule has 1 aliphatic carbocycles. The number of benzene rings is 4. The summed E-state index contributed by atoms with van der Waals surface area (Å²) in [5.41, 5.74) is 5.97. The highest BCUT2D eigenvalue weighted by atomic mass is 35.5. The van der Waals surface area contributed by atoms with Crippen molar-refractivity contribution in [2.75, 3.05) is 18.3 Å². The van der Waals surface area contributed by atoms with E-state index in [0.717, 1.165) is 50.9 Å². The van der Waals surface area contributed by atoms with Crippen LogP contribution >= 0.6 is 11.6 Å². The van der Waals surface area contributed by atoms with Gasteiger partial charge in [0.15, 0.2) is 0 Å². The van der Waals surface area contributed by atoms with Crippen molar-refractivity contribution in [2.24, 2.45) is 0 Å². The van der Waals surface area contributed by atoms with Gasteiger partial charge < -0.3 is 10.1 Å². The Labute approximate surface area is 210 Å². The van der Waals surface area contributed by atoms with Gasteiger partial charge in [-0.05, 0) is 58.0 Å². The molecule has 0 spiro atoms. The summed E-state index contributed by atoms with van der Waals surface area (Å²) in [5.74, 6) is 1.06. The fourth-order valence-corrected chi connectivity index (χ4v) is 6.19. The molecule has 4 aromatic rings. The maximum absolute atomic E-state index is 13.7. The van der Waals surface area contributed by atoms with E-state index in [0.29, 0.717) is 12.3 Å². The van der Waals surface area contributed by atoms with Crippen LogP contribution in [0.2, 0.25) is 0 Å². The highest BCUT2D eigenvalue weighted by Gasteiger charge is 2.50. The van der Waals surface area contributed by atoms with Gasteiger partial charge in [0.2, 0.25) is 5.91 Å². The van der Waals surface area contributed by atoms with Crippen LogP contribution in [0.1, 0.15) is 33.7 Å². The molecule has 4 aromatic carbocycles. The minimum Gasteiger partial charge on any atom is -0.496 e. The van der Waals surface area contributed by atoms with Crippen molar-refractivity contribution in [3.05, 3.63) is 113 Å². The first-order chi connectivity index (χ1) is 17.1. The SMILES string of the molecule is COc1ccc2ccccc2c1CC1(C2C(=O)Nc3ccc(CCCl)cc32)C=Cc2ccccc21. The predicted molar refractivity (Wildman–Crippen MR) is 144 cm³/mol. The number of anilines is 1. The number of methoxy groups -OCH3 is 1.